The molecule has 0 aliphatic carbocycles. The van der Waals surface area contributed by atoms with Gasteiger partial charge in [-0.3, -0.25) is 0 Å². The molecule has 1 N–H and O–H groups in total. The number of carboxylic acid groups (broad SMARTS) is 1. The first-order chi connectivity index (χ1) is 9.75. The molecule has 2 aromatic rings. The average Bonchev–Trinajstić information content (AvgIpc) is 2.80. The highest BCUT2D eigenvalue weighted by Crippen LogP contribution is 2.22. The molecule has 0 spiro atoms. The van der Waals surface area contributed by atoms with Crippen molar-refractivity contribution in [1.82, 2.24) is 14.1 Å². The van der Waals surface area contributed by atoms with Gasteiger partial charge in [-0.2, -0.15) is 5.10 Å². The van der Waals surface area contributed by atoms with Crippen molar-refractivity contribution in [3.05, 3.63) is 41.7 Å². The van der Waals surface area contributed by atoms with Crippen molar-refractivity contribution in [3.63, 3.8) is 0 Å². The maximum atomic E-state index is 12.3. The van der Waals surface area contributed by atoms with Crippen LogP contribution in [0.5, 0.6) is 0 Å². The first-order valence-electron chi connectivity index (χ1n) is 6.06. The molecule has 0 saturated heterocycles. The molecule has 8 heteroatoms. The van der Waals surface area contributed by atoms with Crippen LogP contribution in [0.2, 0.25) is 0 Å². The molecule has 0 fully saturated rings. The highest BCUT2D eigenvalue weighted by atomic mass is 32.2. The predicted octanol–water partition coefficient (Wildman–Crippen LogP) is 1.13. The summed E-state index contributed by atoms with van der Waals surface area (Å²) in [5.41, 5.74) is 0.661. The van der Waals surface area contributed by atoms with Crippen LogP contribution in [0.25, 0.3) is 5.69 Å². The third-order valence-corrected chi connectivity index (χ3v) is 4.86. The number of carboxylic acids is 1. The van der Waals surface area contributed by atoms with Crippen LogP contribution in [0.15, 0.2) is 35.4 Å². The van der Waals surface area contributed by atoms with Gasteiger partial charge in [0, 0.05) is 20.3 Å². The highest BCUT2D eigenvalue weighted by molar-refractivity contribution is 7.89. The van der Waals surface area contributed by atoms with Gasteiger partial charge in [0.05, 0.1) is 11.4 Å². The molecule has 0 aliphatic heterocycles. The Bertz CT molecular complexity index is 793. The Hall–Kier alpha value is -2.19. The number of carbonyl (C=O) groups is 1. The van der Waals surface area contributed by atoms with Crippen LogP contribution in [0.1, 0.15) is 16.1 Å². The van der Waals surface area contributed by atoms with E-state index in [2.05, 4.69) is 5.10 Å². The van der Waals surface area contributed by atoms with E-state index in [1.807, 2.05) is 0 Å². The minimum Gasteiger partial charge on any atom is -0.478 e. The second-order valence-corrected chi connectivity index (χ2v) is 6.75. The van der Waals surface area contributed by atoms with Gasteiger partial charge in [-0.25, -0.2) is 22.2 Å². The first-order valence-corrected chi connectivity index (χ1v) is 7.50. The zero-order valence-corrected chi connectivity index (χ0v) is 12.6. The van der Waals surface area contributed by atoms with Gasteiger partial charge in [-0.15, -0.1) is 0 Å². The van der Waals surface area contributed by atoms with Gasteiger partial charge in [0.2, 0.25) is 10.0 Å². The van der Waals surface area contributed by atoms with Gasteiger partial charge < -0.3 is 5.11 Å². The van der Waals surface area contributed by atoms with Crippen LogP contribution < -0.4 is 0 Å². The van der Waals surface area contributed by atoms with Crippen molar-refractivity contribution >= 4 is 16.0 Å². The third-order valence-electron chi connectivity index (χ3n) is 3.00. The number of aromatic nitrogens is 2. The van der Waals surface area contributed by atoms with Crippen molar-refractivity contribution in [2.45, 2.75) is 11.8 Å². The minimum atomic E-state index is -3.65. The van der Waals surface area contributed by atoms with E-state index in [1.165, 1.54) is 31.0 Å². The maximum absolute atomic E-state index is 12.3. The summed E-state index contributed by atoms with van der Waals surface area (Å²) in [6, 6.07) is 6.31. The van der Waals surface area contributed by atoms with Crippen molar-refractivity contribution in [1.29, 1.82) is 0 Å². The number of hydrogen-bond acceptors (Lipinski definition) is 4. The molecule has 0 bridgehead atoms. The molecule has 1 aromatic heterocycles. The maximum Gasteiger partial charge on any atom is 0.339 e. The van der Waals surface area contributed by atoms with Gasteiger partial charge >= 0.3 is 5.97 Å². The van der Waals surface area contributed by atoms with Gasteiger partial charge in [-0.05, 0) is 19.1 Å². The third kappa shape index (κ3) is 2.67. The van der Waals surface area contributed by atoms with E-state index in [0.29, 0.717) is 11.4 Å². The van der Waals surface area contributed by atoms with Crippen LogP contribution in [-0.2, 0) is 10.0 Å². The van der Waals surface area contributed by atoms with Gasteiger partial charge in [-0.1, -0.05) is 12.1 Å². The Morgan fingerprint density at radius 1 is 1.29 bits per heavy atom. The smallest absolute Gasteiger partial charge is 0.339 e. The fourth-order valence-electron chi connectivity index (χ4n) is 1.85. The Labute approximate surface area is 122 Å². The zero-order chi connectivity index (χ0) is 15.8. The molecule has 112 valence electrons. The van der Waals surface area contributed by atoms with Crippen molar-refractivity contribution < 1.29 is 18.3 Å². The lowest BCUT2D eigenvalue weighted by Crippen LogP contribution is -2.23. The monoisotopic (exact) mass is 309 g/mol. The molecule has 0 unspecified atom stereocenters. The quantitative estimate of drug-likeness (QED) is 0.914. The SMILES string of the molecule is Cc1nn(-c2ccccc2S(=O)(=O)N(C)C)cc1C(=O)O. The minimum absolute atomic E-state index is 0.0343. The van der Waals surface area contributed by atoms with E-state index in [0.717, 1.165) is 4.31 Å². The van der Waals surface area contributed by atoms with E-state index in [-0.39, 0.29) is 10.5 Å². The van der Waals surface area contributed by atoms with Crippen LogP contribution in [0.3, 0.4) is 0 Å². The molecule has 21 heavy (non-hydrogen) atoms. The van der Waals surface area contributed by atoms with E-state index in [9.17, 15) is 13.2 Å². The number of rotatable bonds is 4. The van der Waals surface area contributed by atoms with E-state index in [4.69, 9.17) is 5.11 Å². The topological polar surface area (TPSA) is 92.5 Å². The number of sulfonamides is 1. The summed E-state index contributed by atoms with van der Waals surface area (Å²) >= 11 is 0. The lowest BCUT2D eigenvalue weighted by atomic mass is 10.3. The van der Waals surface area contributed by atoms with Crippen LogP contribution >= 0.6 is 0 Å². The summed E-state index contributed by atoms with van der Waals surface area (Å²) in [7, 11) is -0.787. The van der Waals surface area contributed by atoms with Crippen LogP contribution in [0.4, 0.5) is 0 Å². The molecule has 2 rings (SSSR count). The van der Waals surface area contributed by atoms with E-state index in [1.54, 1.807) is 25.1 Å². The summed E-state index contributed by atoms with van der Waals surface area (Å²) in [6.45, 7) is 1.56. The summed E-state index contributed by atoms with van der Waals surface area (Å²) in [4.78, 5) is 11.1. The normalized spacial score (nSPS) is 11.8. The van der Waals surface area contributed by atoms with Crippen LogP contribution in [-0.4, -0.2) is 47.7 Å². The number of aromatic carboxylic acids is 1. The second-order valence-electron chi connectivity index (χ2n) is 4.63. The fraction of sp³-hybridized carbons (Fsp3) is 0.231. The second kappa shape index (κ2) is 5.30. The zero-order valence-electron chi connectivity index (χ0n) is 11.8. The largest absolute Gasteiger partial charge is 0.478 e. The molecule has 0 atom stereocenters. The Kier molecular flexibility index (Phi) is 3.84. The molecule has 0 amide bonds. The number of aryl methyl sites for hydroxylation is 1. The standard InChI is InChI=1S/C13H15N3O4S/c1-9-10(13(17)18)8-16(14-9)11-6-4-5-7-12(11)21(19,20)15(2)3/h4-8H,1-3H3,(H,17,18). The van der Waals surface area contributed by atoms with Crippen molar-refractivity contribution in [2.24, 2.45) is 0 Å². The highest BCUT2D eigenvalue weighted by Gasteiger charge is 2.23. The van der Waals surface area contributed by atoms with Gasteiger partial charge in [0.25, 0.3) is 0 Å². The lowest BCUT2D eigenvalue weighted by molar-refractivity contribution is 0.0696. The molecular weight excluding hydrogens is 294 g/mol. The Morgan fingerprint density at radius 2 is 1.90 bits per heavy atom. The van der Waals surface area contributed by atoms with Crippen LogP contribution in [0, 0.1) is 6.92 Å². The number of hydrogen-bond donors (Lipinski definition) is 1. The summed E-state index contributed by atoms with van der Waals surface area (Å²) in [5, 5.41) is 13.2. The molecule has 0 saturated carbocycles. The molecule has 7 nitrogen and oxygen atoms in total. The summed E-state index contributed by atoms with van der Waals surface area (Å²) in [6.07, 6.45) is 1.31. The number of benzene rings is 1. The summed E-state index contributed by atoms with van der Waals surface area (Å²) < 4.78 is 27.0. The molecule has 1 aromatic carbocycles. The summed E-state index contributed by atoms with van der Waals surface area (Å²) in [5.74, 6) is -1.10. The number of nitrogens with zero attached hydrogens (tertiary/aromatic N) is 3. The fourth-order valence-corrected chi connectivity index (χ4v) is 2.92. The van der Waals surface area contributed by atoms with Crippen molar-refractivity contribution in [2.75, 3.05) is 14.1 Å². The van der Waals surface area contributed by atoms with Crippen molar-refractivity contribution in [3.8, 4) is 5.69 Å². The Balaban J connectivity index is 2.67. The predicted molar refractivity (Wildman–Crippen MR) is 76.1 cm³/mol. The molecule has 0 radical (unpaired) electrons. The van der Waals surface area contributed by atoms with E-state index < -0.39 is 16.0 Å². The van der Waals surface area contributed by atoms with Gasteiger partial charge in [0.1, 0.15) is 10.5 Å². The lowest BCUT2D eigenvalue weighted by Gasteiger charge is -2.14. The molecular formula is C13H15N3O4S. The number of para-hydroxylation sites is 1. The molecule has 0 aliphatic rings. The van der Waals surface area contributed by atoms with Gasteiger partial charge in [0.15, 0.2) is 0 Å². The Morgan fingerprint density at radius 3 is 2.43 bits per heavy atom. The van der Waals surface area contributed by atoms with E-state index >= 15 is 0 Å². The molecule has 1 heterocycles. The first kappa shape index (κ1) is 15.2. The average molecular weight is 309 g/mol.